The third-order valence-corrected chi connectivity index (χ3v) is 2.39. The van der Waals surface area contributed by atoms with E-state index in [2.05, 4.69) is 0 Å². The molecule has 78 valence electrons. The van der Waals surface area contributed by atoms with Crippen LogP contribution in [-0.2, 0) is 6.54 Å². The van der Waals surface area contributed by atoms with Gasteiger partial charge in [-0.1, -0.05) is 0 Å². The first-order chi connectivity index (χ1) is 6.61. The van der Waals surface area contributed by atoms with E-state index >= 15 is 0 Å². The largest absolute Gasteiger partial charge is 0.507 e. The number of ether oxygens (including phenoxy) is 1. The molecule has 3 N–H and O–H groups in total. The van der Waals surface area contributed by atoms with E-state index in [0.29, 0.717) is 11.3 Å². The normalized spacial score (nSPS) is 10.3. The highest BCUT2D eigenvalue weighted by Gasteiger charge is 2.11. The molecule has 0 aliphatic carbocycles. The number of hydrogen-bond acceptors (Lipinski definition) is 4. The van der Waals surface area contributed by atoms with Gasteiger partial charge in [-0.15, -0.1) is 0 Å². The monoisotopic (exact) mass is 197 g/mol. The molecule has 0 aliphatic heterocycles. The van der Waals surface area contributed by atoms with Crippen LogP contribution >= 0.6 is 0 Å². The van der Waals surface area contributed by atoms with Gasteiger partial charge in [-0.3, -0.25) is 0 Å². The Hall–Kier alpha value is -1.26. The average Bonchev–Trinajstić information content (AvgIpc) is 2.19. The fraction of sp³-hybridized carbons (Fsp3) is 0.400. The fourth-order valence-corrected chi connectivity index (χ4v) is 1.37. The maximum atomic E-state index is 9.72. The van der Waals surface area contributed by atoms with E-state index in [1.54, 1.807) is 13.2 Å². The summed E-state index contributed by atoms with van der Waals surface area (Å²) in [6.07, 6.45) is 0. The second-order valence-corrected chi connectivity index (χ2v) is 3.17. The van der Waals surface area contributed by atoms with Gasteiger partial charge in [-0.25, -0.2) is 5.48 Å². The highest BCUT2D eigenvalue weighted by molar-refractivity contribution is 5.51. The molecule has 0 saturated heterocycles. The molecular weight excluding hydrogens is 182 g/mol. The summed E-state index contributed by atoms with van der Waals surface area (Å²) in [5.41, 5.74) is 4.31. The zero-order valence-corrected chi connectivity index (χ0v) is 8.59. The zero-order valence-electron chi connectivity index (χ0n) is 8.59. The summed E-state index contributed by atoms with van der Waals surface area (Å²) in [4.78, 5) is 0. The number of methoxy groups -OCH3 is 1. The first-order valence-electron chi connectivity index (χ1n) is 4.34. The second-order valence-electron chi connectivity index (χ2n) is 3.17. The number of hydroxylamine groups is 1. The Kier molecular flexibility index (Phi) is 3.33. The molecule has 0 aliphatic rings. The Labute approximate surface area is 83.1 Å². The minimum atomic E-state index is 0.198. The van der Waals surface area contributed by atoms with Crippen LogP contribution in [0.1, 0.15) is 16.7 Å². The molecule has 0 amide bonds. The average molecular weight is 197 g/mol. The molecule has 0 unspecified atom stereocenters. The number of aromatic hydroxyl groups is 1. The van der Waals surface area contributed by atoms with E-state index in [1.165, 1.54) is 0 Å². The third kappa shape index (κ3) is 1.81. The Bertz CT molecular complexity index is 337. The zero-order chi connectivity index (χ0) is 10.7. The lowest BCUT2D eigenvalue weighted by Crippen LogP contribution is -2.07. The van der Waals surface area contributed by atoms with Crippen LogP contribution in [0.15, 0.2) is 6.07 Å². The topological polar surface area (TPSA) is 61.7 Å². The molecule has 0 radical (unpaired) electrons. The molecular formula is C10H15NO3. The number of rotatable bonds is 3. The second kappa shape index (κ2) is 4.30. The van der Waals surface area contributed by atoms with Gasteiger partial charge in [0, 0.05) is 12.1 Å². The summed E-state index contributed by atoms with van der Waals surface area (Å²) in [5.74, 6) is 0.912. The van der Waals surface area contributed by atoms with Gasteiger partial charge in [0.15, 0.2) is 0 Å². The predicted octanol–water partition coefficient (Wildman–Crippen LogP) is 1.50. The Balaban J connectivity index is 3.25. The lowest BCUT2D eigenvalue weighted by molar-refractivity contribution is 0.160. The third-order valence-electron chi connectivity index (χ3n) is 2.39. The highest BCUT2D eigenvalue weighted by Crippen LogP contribution is 2.32. The quantitative estimate of drug-likeness (QED) is 0.642. The lowest BCUT2D eigenvalue weighted by Gasteiger charge is -2.13. The molecule has 0 bridgehead atoms. The van der Waals surface area contributed by atoms with Crippen LogP contribution in [-0.4, -0.2) is 17.4 Å². The Morgan fingerprint density at radius 2 is 2.00 bits per heavy atom. The van der Waals surface area contributed by atoms with Crippen molar-refractivity contribution in [3.05, 3.63) is 22.8 Å². The van der Waals surface area contributed by atoms with Crippen molar-refractivity contribution in [2.45, 2.75) is 20.4 Å². The van der Waals surface area contributed by atoms with Crippen molar-refractivity contribution < 1.29 is 15.1 Å². The van der Waals surface area contributed by atoms with Gasteiger partial charge < -0.3 is 15.1 Å². The molecule has 1 rings (SSSR count). The molecule has 0 aromatic heterocycles. The minimum Gasteiger partial charge on any atom is -0.507 e. The summed E-state index contributed by atoms with van der Waals surface area (Å²) >= 11 is 0. The number of hydrogen-bond donors (Lipinski definition) is 3. The SMILES string of the molecule is COc1cc(CNO)c(O)c(C)c1C. The van der Waals surface area contributed by atoms with E-state index in [1.807, 2.05) is 19.3 Å². The van der Waals surface area contributed by atoms with Crippen molar-refractivity contribution in [3.63, 3.8) is 0 Å². The van der Waals surface area contributed by atoms with Gasteiger partial charge in [-0.2, -0.15) is 0 Å². The molecule has 0 spiro atoms. The van der Waals surface area contributed by atoms with E-state index < -0.39 is 0 Å². The van der Waals surface area contributed by atoms with Crippen LogP contribution in [0.2, 0.25) is 0 Å². The molecule has 4 heteroatoms. The van der Waals surface area contributed by atoms with Gasteiger partial charge in [0.25, 0.3) is 0 Å². The summed E-state index contributed by atoms with van der Waals surface area (Å²) in [7, 11) is 1.58. The van der Waals surface area contributed by atoms with Crippen LogP contribution < -0.4 is 10.2 Å². The van der Waals surface area contributed by atoms with Gasteiger partial charge in [0.05, 0.1) is 7.11 Å². The van der Waals surface area contributed by atoms with E-state index in [9.17, 15) is 5.11 Å². The molecule has 0 saturated carbocycles. The van der Waals surface area contributed by atoms with Crippen molar-refractivity contribution in [1.29, 1.82) is 0 Å². The van der Waals surface area contributed by atoms with Gasteiger partial charge in [0.2, 0.25) is 0 Å². The number of phenolic OH excluding ortho intramolecular Hbond substituents is 1. The van der Waals surface area contributed by atoms with Gasteiger partial charge in [-0.05, 0) is 31.0 Å². The smallest absolute Gasteiger partial charge is 0.123 e. The molecule has 14 heavy (non-hydrogen) atoms. The molecule has 0 atom stereocenters. The van der Waals surface area contributed by atoms with Crippen molar-refractivity contribution in [1.82, 2.24) is 5.48 Å². The molecule has 0 heterocycles. The van der Waals surface area contributed by atoms with Crippen molar-refractivity contribution in [2.24, 2.45) is 0 Å². The van der Waals surface area contributed by atoms with Crippen molar-refractivity contribution >= 4 is 0 Å². The van der Waals surface area contributed by atoms with Crippen LogP contribution in [0.5, 0.6) is 11.5 Å². The molecule has 1 aromatic carbocycles. The first-order valence-corrected chi connectivity index (χ1v) is 4.34. The standard InChI is InChI=1S/C10H15NO3/c1-6-7(2)10(12)8(5-11-13)4-9(6)14-3/h4,11-13H,5H2,1-3H3. The maximum absolute atomic E-state index is 9.72. The first kappa shape index (κ1) is 10.8. The van der Waals surface area contributed by atoms with Crippen LogP contribution in [0, 0.1) is 13.8 Å². The lowest BCUT2D eigenvalue weighted by atomic mass is 10.0. The fourth-order valence-electron chi connectivity index (χ4n) is 1.37. The highest BCUT2D eigenvalue weighted by atomic mass is 16.5. The molecule has 1 aromatic rings. The van der Waals surface area contributed by atoms with Crippen molar-refractivity contribution in [2.75, 3.05) is 7.11 Å². The van der Waals surface area contributed by atoms with Crippen LogP contribution in [0.3, 0.4) is 0 Å². The van der Waals surface area contributed by atoms with Gasteiger partial charge >= 0.3 is 0 Å². The minimum absolute atomic E-state index is 0.198. The summed E-state index contributed by atoms with van der Waals surface area (Å²) < 4.78 is 5.15. The van der Waals surface area contributed by atoms with E-state index in [4.69, 9.17) is 9.94 Å². The number of phenols is 1. The van der Waals surface area contributed by atoms with E-state index in [0.717, 1.165) is 11.1 Å². The van der Waals surface area contributed by atoms with Crippen molar-refractivity contribution in [3.8, 4) is 11.5 Å². The summed E-state index contributed by atoms with van der Waals surface area (Å²) in [5, 5.41) is 18.3. The maximum Gasteiger partial charge on any atom is 0.123 e. The number of benzene rings is 1. The number of nitrogens with one attached hydrogen (secondary N) is 1. The molecule has 0 fully saturated rings. The van der Waals surface area contributed by atoms with Crippen LogP contribution in [0.4, 0.5) is 0 Å². The van der Waals surface area contributed by atoms with Crippen LogP contribution in [0.25, 0.3) is 0 Å². The Morgan fingerprint density at radius 1 is 1.36 bits per heavy atom. The van der Waals surface area contributed by atoms with Gasteiger partial charge in [0.1, 0.15) is 11.5 Å². The van der Waals surface area contributed by atoms with E-state index in [-0.39, 0.29) is 12.3 Å². The molecule has 4 nitrogen and oxygen atoms in total. The predicted molar refractivity (Wildman–Crippen MR) is 52.8 cm³/mol. The summed E-state index contributed by atoms with van der Waals surface area (Å²) in [6.45, 7) is 3.89. The Morgan fingerprint density at radius 3 is 2.50 bits per heavy atom. The summed E-state index contributed by atoms with van der Waals surface area (Å²) in [6, 6.07) is 1.71.